The largest absolute Gasteiger partial charge is 0.388 e. The summed E-state index contributed by atoms with van der Waals surface area (Å²) in [6, 6.07) is 0. The summed E-state index contributed by atoms with van der Waals surface area (Å²) in [5.74, 6) is 0. The zero-order chi connectivity index (χ0) is 7.40. The Labute approximate surface area is 59.1 Å². The fourth-order valence-electron chi connectivity index (χ4n) is 0.768. The molecule has 1 atom stereocenters. The second-order valence-electron chi connectivity index (χ2n) is 2.12. The topological polar surface area (TPSA) is 74.9 Å². The van der Waals surface area contributed by atoms with Gasteiger partial charge < -0.3 is 10.8 Å². The first kappa shape index (κ1) is 7.24. The molecule has 0 aliphatic carbocycles. The molecule has 1 aromatic rings. The highest BCUT2D eigenvalue weighted by atomic mass is 16.3. The average Bonchev–Trinajstić information content (AvgIpc) is 2.38. The van der Waals surface area contributed by atoms with Crippen LogP contribution in [-0.2, 0) is 0 Å². The molecule has 4 nitrogen and oxygen atoms in total. The number of nitrogens with two attached hydrogens (primary N) is 1. The van der Waals surface area contributed by atoms with Crippen molar-refractivity contribution in [3.63, 3.8) is 0 Å². The van der Waals surface area contributed by atoms with Gasteiger partial charge in [-0.1, -0.05) is 0 Å². The van der Waals surface area contributed by atoms with E-state index < -0.39 is 6.10 Å². The molecule has 0 fully saturated rings. The van der Waals surface area contributed by atoms with Gasteiger partial charge in [-0.2, -0.15) is 5.10 Å². The number of aliphatic hydroxyl groups excluding tert-OH is 1. The van der Waals surface area contributed by atoms with E-state index in [1.165, 1.54) is 0 Å². The van der Waals surface area contributed by atoms with Crippen LogP contribution in [0.5, 0.6) is 0 Å². The first-order valence-electron chi connectivity index (χ1n) is 3.21. The maximum Gasteiger partial charge on any atom is 0.0832 e. The van der Waals surface area contributed by atoms with Crippen molar-refractivity contribution in [3.8, 4) is 0 Å². The Balaban J connectivity index is 2.50. The number of aliphatic hydroxyl groups is 1. The van der Waals surface area contributed by atoms with Gasteiger partial charge in [0.1, 0.15) is 0 Å². The molecule has 56 valence electrons. The standard InChI is InChI=1S/C6H11N3O/c7-2-1-6(10)5-3-8-9-4-5/h3-4,6,10H,1-2,7H2,(H,8,9)/t6-/m0/s1. The van der Waals surface area contributed by atoms with Crippen LogP contribution < -0.4 is 5.73 Å². The number of aromatic amines is 1. The van der Waals surface area contributed by atoms with Gasteiger partial charge in [0.15, 0.2) is 0 Å². The third kappa shape index (κ3) is 1.55. The molecule has 0 aliphatic heterocycles. The quantitative estimate of drug-likeness (QED) is 0.545. The molecule has 0 radical (unpaired) electrons. The van der Waals surface area contributed by atoms with E-state index in [1.807, 2.05) is 0 Å². The van der Waals surface area contributed by atoms with E-state index in [2.05, 4.69) is 10.2 Å². The SMILES string of the molecule is NCC[C@H](O)c1cn[nH]c1. The number of nitrogens with one attached hydrogen (secondary N) is 1. The molecule has 10 heavy (non-hydrogen) atoms. The fraction of sp³-hybridized carbons (Fsp3) is 0.500. The Hall–Kier alpha value is -0.870. The average molecular weight is 141 g/mol. The molecule has 0 bridgehead atoms. The van der Waals surface area contributed by atoms with Crippen molar-refractivity contribution in [3.05, 3.63) is 18.0 Å². The zero-order valence-electron chi connectivity index (χ0n) is 5.62. The van der Waals surface area contributed by atoms with Crippen LogP contribution in [0.2, 0.25) is 0 Å². The molecule has 0 unspecified atom stereocenters. The minimum Gasteiger partial charge on any atom is -0.388 e. The van der Waals surface area contributed by atoms with Gasteiger partial charge >= 0.3 is 0 Å². The van der Waals surface area contributed by atoms with Gasteiger partial charge in [-0.25, -0.2) is 0 Å². The minimum absolute atomic E-state index is 0.469. The predicted octanol–water partition coefficient (Wildman–Crippen LogP) is -0.208. The first-order valence-corrected chi connectivity index (χ1v) is 3.21. The summed E-state index contributed by atoms with van der Waals surface area (Å²) in [6.07, 6.45) is 3.38. The molecule has 4 N–H and O–H groups in total. The molecule has 1 aromatic heterocycles. The van der Waals surface area contributed by atoms with Crippen LogP contribution in [-0.4, -0.2) is 21.8 Å². The molecular formula is C6H11N3O. The minimum atomic E-state index is -0.469. The van der Waals surface area contributed by atoms with Crippen molar-refractivity contribution in [1.82, 2.24) is 10.2 Å². The van der Waals surface area contributed by atoms with Gasteiger partial charge in [0, 0.05) is 11.8 Å². The maximum atomic E-state index is 9.27. The number of hydrogen-bond donors (Lipinski definition) is 3. The zero-order valence-corrected chi connectivity index (χ0v) is 5.62. The van der Waals surface area contributed by atoms with E-state index >= 15 is 0 Å². The lowest BCUT2D eigenvalue weighted by Gasteiger charge is -2.03. The van der Waals surface area contributed by atoms with Gasteiger partial charge in [0.2, 0.25) is 0 Å². The van der Waals surface area contributed by atoms with E-state index in [-0.39, 0.29) is 0 Å². The lowest BCUT2D eigenvalue weighted by molar-refractivity contribution is 0.170. The second kappa shape index (κ2) is 3.34. The van der Waals surface area contributed by atoms with Crippen LogP contribution in [0.4, 0.5) is 0 Å². The fourth-order valence-corrected chi connectivity index (χ4v) is 0.768. The van der Waals surface area contributed by atoms with E-state index in [1.54, 1.807) is 12.4 Å². The molecule has 0 saturated heterocycles. The number of nitrogens with zero attached hydrogens (tertiary/aromatic N) is 1. The summed E-state index contributed by atoms with van der Waals surface area (Å²) in [7, 11) is 0. The smallest absolute Gasteiger partial charge is 0.0832 e. The van der Waals surface area contributed by atoms with Crippen LogP contribution in [0, 0.1) is 0 Å². The summed E-state index contributed by atoms with van der Waals surface area (Å²) < 4.78 is 0. The summed E-state index contributed by atoms with van der Waals surface area (Å²) in [4.78, 5) is 0. The van der Waals surface area contributed by atoms with Gasteiger partial charge in [0.05, 0.1) is 12.3 Å². The molecule has 0 amide bonds. The third-order valence-corrected chi connectivity index (χ3v) is 1.34. The van der Waals surface area contributed by atoms with Crippen molar-refractivity contribution < 1.29 is 5.11 Å². The third-order valence-electron chi connectivity index (χ3n) is 1.34. The van der Waals surface area contributed by atoms with Gasteiger partial charge in [-0.15, -0.1) is 0 Å². The van der Waals surface area contributed by atoms with Crippen LogP contribution in [0.3, 0.4) is 0 Å². The number of rotatable bonds is 3. The Morgan fingerprint density at radius 3 is 3.10 bits per heavy atom. The van der Waals surface area contributed by atoms with Crippen LogP contribution in [0.1, 0.15) is 18.1 Å². The normalized spacial score (nSPS) is 13.4. The predicted molar refractivity (Wildman–Crippen MR) is 37.2 cm³/mol. The Kier molecular flexibility index (Phi) is 2.42. The second-order valence-corrected chi connectivity index (χ2v) is 2.12. The molecule has 1 heterocycles. The Morgan fingerprint density at radius 2 is 2.60 bits per heavy atom. The van der Waals surface area contributed by atoms with Crippen molar-refractivity contribution in [2.45, 2.75) is 12.5 Å². The van der Waals surface area contributed by atoms with Crippen molar-refractivity contribution in [2.24, 2.45) is 5.73 Å². The molecular weight excluding hydrogens is 130 g/mol. The van der Waals surface area contributed by atoms with Crippen LogP contribution in [0.25, 0.3) is 0 Å². The van der Waals surface area contributed by atoms with Gasteiger partial charge in [0.25, 0.3) is 0 Å². The highest BCUT2D eigenvalue weighted by Gasteiger charge is 2.05. The molecule has 0 spiro atoms. The van der Waals surface area contributed by atoms with Gasteiger partial charge in [-0.3, -0.25) is 5.10 Å². The summed E-state index contributed by atoms with van der Waals surface area (Å²) >= 11 is 0. The molecule has 4 heteroatoms. The molecule has 1 rings (SSSR count). The molecule has 0 aliphatic rings. The Bertz CT molecular complexity index is 173. The summed E-state index contributed by atoms with van der Waals surface area (Å²) in [6.45, 7) is 0.492. The summed E-state index contributed by atoms with van der Waals surface area (Å²) in [5, 5.41) is 15.6. The Morgan fingerprint density at radius 1 is 1.80 bits per heavy atom. The number of aromatic nitrogens is 2. The molecule has 0 saturated carbocycles. The summed E-state index contributed by atoms with van der Waals surface area (Å²) in [5.41, 5.74) is 6.04. The van der Waals surface area contributed by atoms with E-state index in [9.17, 15) is 5.11 Å². The lowest BCUT2D eigenvalue weighted by Crippen LogP contribution is -2.05. The van der Waals surface area contributed by atoms with Crippen molar-refractivity contribution in [1.29, 1.82) is 0 Å². The highest BCUT2D eigenvalue weighted by molar-refractivity contribution is 5.06. The van der Waals surface area contributed by atoms with E-state index in [0.717, 1.165) is 5.56 Å². The van der Waals surface area contributed by atoms with E-state index in [0.29, 0.717) is 13.0 Å². The maximum absolute atomic E-state index is 9.27. The van der Waals surface area contributed by atoms with E-state index in [4.69, 9.17) is 5.73 Å². The lowest BCUT2D eigenvalue weighted by atomic mass is 10.1. The number of hydrogen-bond acceptors (Lipinski definition) is 3. The van der Waals surface area contributed by atoms with Crippen LogP contribution >= 0.6 is 0 Å². The monoisotopic (exact) mass is 141 g/mol. The van der Waals surface area contributed by atoms with Crippen LogP contribution in [0.15, 0.2) is 12.4 Å². The van der Waals surface area contributed by atoms with Crippen molar-refractivity contribution >= 4 is 0 Å². The molecule has 0 aromatic carbocycles. The van der Waals surface area contributed by atoms with Crippen molar-refractivity contribution in [2.75, 3.05) is 6.54 Å². The number of H-pyrrole nitrogens is 1. The van der Waals surface area contributed by atoms with Gasteiger partial charge in [-0.05, 0) is 13.0 Å². The highest BCUT2D eigenvalue weighted by Crippen LogP contribution is 2.12. The first-order chi connectivity index (χ1) is 4.84.